The van der Waals surface area contributed by atoms with E-state index in [1.165, 1.54) is 0 Å². The molecule has 1 unspecified atom stereocenters. The van der Waals surface area contributed by atoms with Crippen molar-refractivity contribution in [1.29, 1.82) is 5.26 Å². The molecule has 26 heavy (non-hydrogen) atoms. The Kier molecular flexibility index (Phi) is 6.09. The number of nitrogens with zero attached hydrogens (tertiary/aromatic N) is 1. The first-order valence-corrected chi connectivity index (χ1v) is 9.13. The minimum atomic E-state index is -0.358. The summed E-state index contributed by atoms with van der Waals surface area (Å²) < 4.78 is 0. The number of hydrogen-bond donors (Lipinski definition) is 3. The van der Waals surface area contributed by atoms with Gasteiger partial charge in [0.1, 0.15) is 11.6 Å². The Morgan fingerprint density at radius 3 is 2.35 bits per heavy atom. The summed E-state index contributed by atoms with van der Waals surface area (Å²) in [5, 5.41) is 19.2. The summed E-state index contributed by atoms with van der Waals surface area (Å²) in [7, 11) is 0. The van der Waals surface area contributed by atoms with Gasteiger partial charge in [-0.25, -0.2) is 0 Å². The molecule has 0 aliphatic carbocycles. The summed E-state index contributed by atoms with van der Waals surface area (Å²) in [6, 6.07) is 11.8. The van der Waals surface area contributed by atoms with Crippen molar-refractivity contribution in [2.45, 2.75) is 70.6 Å². The average Bonchev–Trinajstić information content (AvgIpc) is 2.53. The molecule has 1 heterocycles. The molecule has 1 aromatic rings. The zero-order valence-electron chi connectivity index (χ0n) is 16.4. The quantitative estimate of drug-likeness (QED) is 0.561. The normalized spacial score (nSPS) is 20.7. The topological polar surface area (TPSA) is 77.0 Å². The van der Waals surface area contributed by atoms with E-state index in [2.05, 4.69) is 43.6 Å². The van der Waals surface area contributed by atoms with Crippen LogP contribution in [0.4, 0.5) is 0 Å². The fraction of sp³-hybridized carbons (Fsp3) is 0.524. The van der Waals surface area contributed by atoms with Crippen molar-refractivity contribution in [3.8, 4) is 6.07 Å². The van der Waals surface area contributed by atoms with Gasteiger partial charge in [-0.05, 0) is 53.0 Å². The minimum Gasteiger partial charge on any atom is -0.387 e. The maximum Gasteiger partial charge on any atom is 0.263 e. The SMILES string of the molecule is CC(NC(=O)/C(C#N)=C\NC1CC(C)(C)NC(C)(C)C1)c1ccccc1. The highest BCUT2D eigenvalue weighted by atomic mass is 16.1. The number of benzene rings is 1. The summed E-state index contributed by atoms with van der Waals surface area (Å²) >= 11 is 0. The summed E-state index contributed by atoms with van der Waals surface area (Å²) in [6.45, 7) is 10.6. The first-order chi connectivity index (χ1) is 12.1. The third kappa shape index (κ3) is 5.60. The van der Waals surface area contributed by atoms with Crippen LogP contribution in [0.1, 0.15) is 59.1 Å². The van der Waals surface area contributed by atoms with Gasteiger partial charge in [0.15, 0.2) is 0 Å². The summed E-state index contributed by atoms with van der Waals surface area (Å²) in [4.78, 5) is 12.4. The second-order valence-corrected chi connectivity index (χ2v) is 8.44. The zero-order chi connectivity index (χ0) is 19.4. The van der Waals surface area contributed by atoms with E-state index >= 15 is 0 Å². The van der Waals surface area contributed by atoms with Gasteiger partial charge in [-0.1, -0.05) is 30.3 Å². The van der Waals surface area contributed by atoms with Crippen molar-refractivity contribution in [1.82, 2.24) is 16.0 Å². The number of piperidine rings is 1. The fourth-order valence-corrected chi connectivity index (χ4v) is 3.89. The fourth-order valence-electron chi connectivity index (χ4n) is 3.89. The van der Waals surface area contributed by atoms with E-state index in [0.29, 0.717) is 0 Å². The molecule has 0 bridgehead atoms. The second kappa shape index (κ2) is 7.92. The van der Waals surface area contributed by atoms with Gasteiger partial charge in [-0.15, -0.1) is 0 Å². The van der Waals surface area contributed by atoms with Crippen LogP contribution >= 0.6 is 0 Å². The number of carbonyl (C=O) groups excluding carboxylic acids is 1. The van der Waals surface area contributed by atoms with E-state index < -0.39 is 0 Å². The number of carbonyl (C=O) groups is 1. The molecular weight excluding hydrogens is 324 g/mol. The van der Waals surface area contributed by atoms with Crippen LogP contribution in [0, 0.1) is 11.3 Å². The molecule has 1 saturated heterocycles. The van der Waals surface area contributed by atoms with Crippen LogP contribution < -0.4 is 16.0 Å². The summed E-state index contributed by atoms with van der Waals surface area (Å²) in [5.41, 5.74) is 1.11. The maximum atomic E-state index is 12.4. The second-order valence-electron chi connectivity index (χ2n) is 8.44. The lowest BCUT2D eigenvalue weighted by atomic mass is 9.80. The number of nitrogens with one attached hydrogen (secondary N) is 3. The zero-order valence-corrected chi connectivity index (χ0v) is 16.4. The molecule has 0 radical (unpaired) electrons. The van der Waals surface area contributed by atoms with Gasteiger partial charge in [0.05, 0.1) is 6.04 Å². The minimum absolute atomic E-state index is 0.00411. The smallest absolute Gasteiger partial charge is 0.263 e. The first kappa shape index (κ1) is 20.0. The van der Waals surface area contributed by atoms with E-state index in [1.807, 2.05) is 43.3 Å². The molecule has 1 aromatic carbocycles. The molecule has 1 amide bonds. The van der Waals surface area contributed by atoms with E-state index in [4.69, 9.17) is 0 Å². The highest BCUT2D eigenvalue weighted by Gasteiger charge is 2.37. The van der Waals surface area contributed by atoms with Gasteiger partial charge in [-0.2, -0.15) is 5.26 Å². The van der Waals surface area contributed by atoms with Crippen molar-refractivity contribution in [2.24, 2.45) is 0 Å². The van der Waals surface area contributed by atoms with Crippen molar-refractivity contribution in [3.63, 3.8) is 0 Å². The van der Waals surface area contributed by atoms with Crippen LogP contribution in [-0.4, -0.2) is 23.0 Å². The predicted molar refractivity (Wildman–Crippen MR) is 104 cm³/mol. The summed E-state index contributed by atoms with van der Waals surface area (Å²) in [5.74, 6) is -0.358. The van der Waals surface area contributed by atoms with Gasteiger partial charge < -0.3 is 16.0 Å². The lowest BCUT2D eigenvalue weighted by Crippen LogP contribution is -2.61. The Hall–Kier alpha value is -2.32. The van der Waals surface area contributed by atoms with Crippen LogP contribution in [0.3, 0.4) is 0 Å². The third-order valence-corrected chi connectivity index (χ3v) is 4.67. The third-order valence-electron chi connectivity index (χ3n) is 4.67. The van der Waals surface area contributed by atoms with E-state index in [0.717, 1.165) is 18.4 Å². The molecule has 5 nitrogen and oxygen atoms in total. The molecule has 2 rings (SSSR count). The van der Waals surface area contributed by atoms with Crippen molar-refractivity contribution < 1.29 is 4.79 Å². The molecular formula is C21H30N4O. The van der Waals surface area contributed by atoms with Crippen molar-refractivity contribution in [3.05, 3.63) is 47.7 Å². The lowest BCUT2D eigenvalue weighted by Gasteiger charge is -2.46. The molecule has 5 heteroatoms. The Labute approximate surface area is 156 Å². The van der Waals surface area contributed by atoms with Gasteiger partial charge in [0.25, 0.3) is 5.91 Å². The van der Waals surface area contributed by atoms with Crippen LogP contribution in [0.25, 0.3) is 0 Å². The van der Waals surface area contributed by atoms with Crippen LogP contribution in [0.2, 0.25) is 0 Å². The first-order valence-electron chi connectivity index (χ1n) is 9.13. The average molecular weight is 354 g/mol. The maximum absolute atomic E-state index is 12.4. The number of amides is 1. The molecule has 1 aliphatic rings. The van der Waals surface area contributed by atoms with Gasteiger partial charge in [-0.3, -0.25) is 4.79 Å². The molecule has 0 spiro atoms. The Morgan fingerprint density at radius 2 is 1.81 bits per heavy atom. The van der Waals surface area contributed by atoms with E-state index in [1.54, 1.807) is 6.20 Å². The molecule has 3 N–H and O–H groups in total. The molecule has 1 aliphatic heterocycles. The number of hydrogen-bond acceptors (Lipinski definition) is 4. The molecule has 1 fully saturated rings. The molecule has 140 valence electrons. The Bertz CT molecular complexity index is 684. The van der Waals surface area contributed by atoms with Gasteiger partial charge >= 0.3 is 0 Å². The summed E-state index contributed by atoms with van der Waals surface area (Å²) in [6.07, 6.45) is 3.41. The van der Waals surface area contributed by atoms with Crippen molar-refractivity contribution in [2.75, 3.05) is 0 Å². The Balaban J connectivity index is 2.01. The van der Waals surface area contributed by atoms with Gasteiger partial charge in [0, 0.05) is 23.3 Å². The number of rotatable bonds is 5. The molecule has 0 saturated carbocycles. The monoisotopic (exact) mass is 354 g/mol. The highest BCUT2D eigenvalue weighted by molar-refractivity contribution is 5.97. The standard InChI is InChI=1S/C21H30N4O/c1-15(16-9-7-6-8-10-16)24-19(26)17(13-22)14-23-18-11-20(2,3)25-21(4,5)12-18/h6-10,14-15,18,23,25H,11-12H2,1-5H3,(H,24,26)/b17-14-. The van der Waals surface area contributed by atoms with Crippen LogP contribution in [0.15, 0.2) is 42.1 Å². The largest absolute Gasteiger partial charge is 0.387 e. The van der Waals surface area contributed by atoms with E-state index in [-0.39, 0.29) is 34.6 Å². The lowest BCUT2D eigenvalue weighted by molar-refractivity contribution is -0.117. The highest BCUT2D eigenvalue weighted by Crippen LogP contribution is 2.28. The van der Waals surface area contributed by atoms with Crippen LogP contribution in [-0.2, 0) is 4.79 Å². The van der Waals surface area contributed by atoms with E-state index in [9.17, 15) is 10.1 Å². The predicted octanol–water partition coefficient (Wildman–Crippen LogP) is 3.17. The Morgan fingerprint density at radius 1 is 1.23 bits per heavy atom. The van der Waals surface area contributed by atoms with Crippen molar-refractivity contribution >= 4 is 5.91 Å². The number of nitriles is 1. The molecule has 0 aromatic heterocycles. The van der Waals surface area contributed by atoms with Gasteiger partial charge in [0.2, 0.25) is 0 Å². The molecule has 1 atom stereocenters. The van der Waals surface area contributed by atoms with Crippen LogP contribution in [0.5, 0.6) is 0 Å².